The summed E-state index contributed by atoms with van der Waals surface area (Å²) in [6.07, 6.45) is 12.2. The third kappa shape index (κ3) is 2.12. The molecule has 4 aliphatic carbocycles. The molecule has 0 spiro atoms. The fraction of sp³-hybridized carbons (Fsp3) is 0.905. The van der Waals surface area contributed by atoms with Crippen LogP contribution < -0.4 is 0 Å². The molecule has 0 saturated heterocycles. The highest BCUT2D eigenvalue weighted by atomic mass is 16.1. The maximum absolute atomic E-state index is 12.5. The summed E-state index contributed by atoms with van der Waals surface area (Å²) in [5.74, 6) is 3.89. The van der Waals surface area contributed by atoms with Crippen molar-refractivity contribution < 1.29 is 9.59 Å². The molecule has 128 valence electrons. The first kappa shape index (κ1) is 15.8. The van der Waals surface area contributed by atoms with Crippen molar-refractivity contribution >= 4 is 11.6 Å². The molecule has 0 heterocycles. The van der Waals surface area contributed by atoms with Crippen LogP contribution in [0.15, 0.2) is 0 Å². The first-order valence-corrected chi connectivity index (χ1v) is 10.1. The molecule has 4 rings (SSSR count). The normalized spacial score (nSPS) is 49.5. The zero-order chi connectivity index (χ0) is 16.2. The lowest BCUT2D eigenvalue weighted by Crippen LogP contribution is -2.54. The van der Waals surface area contributed by atoms with Crippen LogP contribution in [0, 0.1) is 34.5 Å². The summed E-state index contributed by atoms with van der Waals surface area (Å²) in [4.78, 5) is 24.5. The molecule has 0 bridgehead atoms. The highest BCUT2D eigenvalue weighted by Crippen LogP contribution is 2.66. The van der Waals surface area contributed by atoms with E-state index in [-0.39, 0.29) is 5.41 Å². The smallest absolute Gasteiger partial charge is 0.139 e. The maximum Gasteiger partial charge on any atom is 0.139 e. The van der Waals surface area contributed by atoms with Crippen molar-refractivity contribution in [3.8, 4) is 0 Å². The molecule has 4 fully saturated rings. The molecular formula is C21H32O2. The average molecular weight is 316 g/mol. The van der Waals surface area contributed by atoms with E-state index in [2.05, 4.69) is 13.8 Å². The van der Waals surface area contributed by atoms with E-state index in [4.69, 9.17) is 0 Å². The van der Waals surface area contributed by atoms with E-state index in [1.165, 1.54) is 32.1 Å². The van der Waals surface area contributed by atoms with Gasteiger partial charge in [0.2, 0.25) is 0 Å². The van der Waals surface area contributed by atoms with E-state index >= 15 is 0 Å². The Kier molecular flexibility index (Phi) is 3.74. The lowest BCUT2D eigenvalue weighted by Gasteiger charge is -2.60. The molecule has 0 N–H and O–H groups in total. The number of rotatable bonds is 2. The van der Waals surface area contributed by atoms with E-state index in [1.807, 2.05) is 0 Å². The first-order chi connectivity index (χ1) is 11.0. The molecule has 23 heavy (non-hydrogen) atoms. The third-order valence-corrected chi connectivity index (χ3v) is 8.60. The minimum Gasteiger partial charge on any atom is -0.300 e. The number of Topliss-reactive ketones (excluding diaryl/α,β-unsaturated/α-hetero) is 2. The van der Waals surface area contributed by atoms with Crippen molar-refractivity contribution in [2.75, 3.05) is 0 Å². The SMILES string of the molecule is CCC[C@]12CCC(=O)C[C@@H]1CC[C@@H]1[C@@H]2CC[C@]2(C)C(=O)CC[C@@H]12. The number of fused-ring (bicyclic) bond motifs is 5. The third-order valence-electron chi connectivity index (χ3n) is 8.60. The summed E-state index contributed by atoms with van der Waals surface area (Å²) >= 11 is 0. The molecule has 4 aliphatic rings. The Balaban J connectivity index is 1.68. The monoisotopic (exact) mass is 316 g/mol. The summed E-state index contributed by atoms with van der Waals surface area (Å²) in [5.41, 5.74) is 0.421. The quantitative estimate of drug-likeness (QED) is 0.722. The molecule has 0 aliphatic heterocycles. The van der Waals surface area contributed by atoms with Gasteiger partial charge in [0.05, 0.1) is 0 Å². The van der Waals surface area contributed by atoms with Gasteiger partial charge in [0.25, 0.3) is 0 Å². The number of ketones is 2. The highest BCUT2D eigenvalue weighted by molar-refractivity contribution is 5.87. The standard InChI is InChI=1S/C21H32O2/c1-3-10-21-12-8-15(22)13-14(21)4-5-16-17-6-7-19(23)20(17,2)11-9-18(16)21/h14,16-18H,3-13H2,1-2H3/t14-,16-,17-,18-,20-,21-/m0/s1. The lowest BCUT2D eigenvalue weighted by molar-refractivity contribution is -0.148. The van der Waals surface area contributed by atoms with E-state index < -0.39 is 0 Å². The van der Waals surface area contributed by atoms with E-state index in [0.717, 1.165) is 50.4 Å². The number of hydrogen-bond acceptors (Lipinski definition) is 2. The van der Waals surface area contributed by atoms with Crippen LogP contribution in [-0.2, 0) is 9.59 Å². The lowest BCUT2D eigenvalue weighted by atomic mass is 9.44. The fourth-order valence-corrected chi connectivity index (χ4v) is 7.58. The van der Waals surface area contributed by atoms with Gasteiger partial charge in [-0.3, -0.25) is 9.59 Å². The zero-order valence-corrected chi connectivity index (χ0v) is 14.9. The van der Waals surface area contributed by atoms with Crippen LogP contribution in [0.4, 0.5) is 0 Å². The van der Waals surface area contributed by atoms with Gasteiger partial charge < -0.3 is 0 Å². The summed E-state index contributed by atoms with van der Waals surface area (Å²) < 4.78 is 0. The van der Waals surface area contributed by atoms with Gasteiger partial charge in [0.1, 0.15) is 11.6 Å². The van der Waals surface area contributed by atoms with Gasteiger partial charge in [-0.05, 0) is 74.0 Å². The van der Waals surface area contributed by atoms with E-state index in [1.54, 1.807) is 0 Å². The molecule has 2 heteroatoms. The molecular weight excluding hydrogens is 284 g/mol. The minimum absolute atomic E-state index is 0.00804. The van der Waals surface area contributed by atoms with Crippen LogP contribution in [0.2, 0.25) is 0 Å². The predicted octanol–water partition coefficient (Wildman–Crippen LogP) is 4.95. The van der Waals surface area contributed by atoms with Crippen LogP contribution >= 0.6 is 0 Å². The average Bonchev–Trinajstić information content (AvgIpc) is 2.84. The van der Waals surface area contributed by atoms with Crippen molar-refractivity contribution in [1.82, 2.24) is 0 Å². The largest absolute Gasteiger partial charge is 0.300 e. The Morgan fingerprint density at radius 2 is 1.83 bits per heavy atom. The van der Waals surface area contributed by atoms with Crippen molar-refractivity contribution in [3.63, 3.8) is 0 Å². The first-order valence-electron chi connectivity index (χ1n) is 10.1. The molecule has 0 radical (unpaired) electrons. The van der Waals surface area contributed by atoms with Crippen LogP contribution in [0.3, 0.4) is 0 Å². The van der Waals surface area contributed by atoms with Crippen LogP contribution in [0.25, 0.3) is 0 Å². The van der Waals surface area contributed by atoms with Crippen LogP contribution in [0.1, 0.15) is 84.5 Å². The van der Waals surface area contributed by atoms with Gasteiger partial charge in [-0.2, -0.15) is 0 Å². The van der Waals surface area contributed by atoms with Gasteiger partial charge in [0, 0.05) is 24.7 Å². The van der Waals surface area contributed by atoms with Crippen molar-refractivity contribution in [3.05, 3.63) is 0 Å². The second-order valence-corrected chi connectivity index (χ2v) is 9.30. The Morgan fingerprint density at radius 1 is 1.00 bits per heavy atom. The topological polar surface area (TPSA) is 34.1 Å². The van der Waals surface area contributed by atoms with Gasteiger partial charge in [-0.15, -0.1) is 0 Å². The van der Waals surface area contributed by atoms with Gasteiger partial charge in [-0.25, -0.2) is 0 Å². The summed E-state index contributed by atoms with van der Waals surface area (Å²) in [6.45, 7) is 4.59. The molecule has 0 unspecified atom stereocenters. The van der Waals surface area contributed by atoms with Crippen LogP contribution in [-0.4, -0.2) is 11.6 Å². The predicted molar refractivity (Wildman–Crippen MR) is 91.0 cm³/mol. The Morgan fingerprint density at radius 3 is 2.61 bits per heavy atom. The molecule has 4 saturated carbocycles. The maximum atomic E-state index is 12.5. The second kappa shape index (κ2) is 5.43. The zero-order valence-electron chi connectivity index (χ0n) is 14.9. The minimum atomic E-state index is -0.00804. The molecule has 0 aromatic heterocycles. The van der Waals surface area contributed by atoms with Gasteiger partial charge in [0.15, 0.2) is 0 Å². The molecule has 6 atom stereocenters. The molecule has 2 nitrogen and oxygen atoms in total. The molecule has 0 aromatic carbocycles. The van der Waals surface area contributed by atoms with E-state index in [9.17, 15) is 9.59 Å². The highest BCUT2D eigenvalue weighted by Gasteiger charge is 2.61. The Labute approximate surface area is 140 Å². The summed E-state index contributed by atoms with van der Waals surface area (Å²) in [7, 11) is 0. The molecule has 0 amide bonds. The van der Waals surface area contributed by atoms with Crippen molar-refractivity contribution in [2.24, 2.45) is 34.5 Å². The van der Waals surface area contributed by atoms with Crippen molar-refractivity contribution in [2.45, 2.75) is 84.5 Å². The Bertz CT molecular complexity index is 524. The van der Waals surface area contributed by atoms with Gasteiger partial charge in [-0.1, -0.05) is 20.3 Å². The number of carbonyl (C=O) groups excluding carboxylic acids is 2. The number of carbonyl (C=O) groups is 2. The van der Waals surface area contributed by atoms with E-state index in [0.29, 0.717) is 28.8 Å². The fourth-order valence-electron chi connectivity index (χ4n) is 7.58. The summed E-state index contributed by atoms with van der Waals surface area (Å²) in [6, 6.07) is 0. The van der Waals surface area contributed by atoms with Crippen molar-refractivity contribution in [1.29, 1.82) is 0 Å². The summed E-state index contributed by atoms with van der Waals surface area (Å²) in [5, 5.41) is 0. The number of hydrogen-bond donors (Lipinski definition) is 0. The Hall–Kier alpha value is -0.660. The molecule has 0 aromatic rings. The van der Waals surface area contributed by atoms with Gasteiger partial charge >= 0.3 is 0 Å². The second-order valence-electron chi connectivity index (χ2n) is 9.30. The van der Waals surface area contributed by atoms with Crippen LogP contribution in [0.5, 0.6) is 0 Å².